The highest BCUT2D eigenvalue weighted by Crippen LogP contribution is 2.18. The lowest BCUT2D eigenvalue weighted by Gasteiger charge is -2.32. The van der Waals surface area contributed by atoms with Gasteiger partial charge in [-0.15, -0.1) is 6.58 Å². The quantitative estimate of drug-likeness (QED) is 0.282. The van der Waals surface area contributed by atoms with Gasteiger partial charge in [-0.25, -0.2) is 4.98 Å². The van der Waals surface area contributed by atoms with Crippen molar-refractivity contribution in [2.45, 2.75) is 99.6 Å². The molecule has 0 radical (unpaired) electrons. The van der Waals surface area contributed by atoms with Crippen LogP contribution in [0.1, 0.15) is 95.7 Å². The van der Waals surface area contributed by atoms with Crippen LogP contribution in [0.15, 0.2) is 49.2 Å². The van der Waals surface area contributed by atoms with Crippen molar-refractivity contribution in [2.24, 2.45) is 5.92 Å². The third kappa shape index (κ3) is 13.5. The number of H-pyrrole nitrogens is 1. The van der Waals surface area contributed by atoms with Gasteiger partial charge in [-0.2, -0.15) is 0 Å². The molecule has 2 amide bonds. The molecule has 1 fully saturated rings. The summed E-state index contributed by atoms with van der Waals surface area (Å²) in [7, 11) is 0. The molecule has 0 unspecified atom stereocenters. The van der Waals surface area contributed by atoms with Crippen LogP contribution >= 0.6 is 0 Å². The van der Waals surface area contributed by atoms with Gasteiger partial charge in [-0.3, -0.25) is 9.59 Å². The summed E-state index contributed by atoms with van der Waals surface area (Å²) in [6.07, 6.45) is 6.90. The van der Waals surface area contributed by atoms with Crippen molar-refractivity contribution < 1.29 is 12.4 Å². The minimum absolute atomic E-state index is 0. The lowest BCUT2D eigenvalue weighted by molar-refractivity contribution is -0.129. The van der Waals surface area contributed by atoms with E-state index >= 15 is 0 Å². The first-order valence-electron chi connectivity index (χ1n) is 14.3. The molecule has 7 nitrogen and oxygen atoms in total. The maximum absolute atomic E-state index is 13.0. The van der Waals surface area contributed by atoms with E-state index in [4.69, 9.17) is 0 Å². The molecule has 3 rings (SSSR count). The fraction of sp³-hybridized carbons (Fsp3) is 0.581. The molecule has 1 saturated heterocycles. The lowest BCUT2D eigenvalue weighted by Crippen LogP contribution is -2.48. The topological polar surface area (TPSA) is 90.1 Å². The van der Waals surface area contributed by atoms with E-state index in [0.29, 0.717) is 24.6 Å². The molecular weight excluding hydrogens is 474 g/mol. The highest BCUT2D eigenvalue weighted by molar-refractivity contribution is 5.87. The third-order valence-corrected chi connectivity index (χ3v) is 5.71. The minimum atomic E-state index is -0.640. The van der Waals surface area contributed by atoms with E-state index in [1.807, 2.05) is 58.9 Å². The largest absolute Gasteiger partial charge is 0.375 e. The van der Waals surface area contributed by atoms with Crippen LogP contribution in [0.3, 0.4) is 0 Å². The molecule has 0 bridgehead atoms. The Morgan fingerprint density at radius 1 is 1.13 bits per heavy atom. The Kier molecular flexibility index (Phi) is 19.2. The Bertz CT molecular complexity index is 923. The van der Waals surface area contributed by atoms with Crippen LogP contribution in [-0.2, 0) is 16.1 Å². The van der Waals surface area contributed by atoms with Gasteiger partial charge < -0.3 is 20.5 Å². The summed E-state index contributed by atoms with van der Waals surface area (Å²) in [6.45, 7) is 23.8. The molecule has 1 aliphatic rings. The number of nitrogens with zero attached hydrogens (tertiary/aromatic N) is 2. The van der Waals surface area contributed by atoms with Gasteiger partial charge in [-0.05, 0) is 50.7 Å². The number of nitrogens with one attached hydrogen (secondary N) is 3. The van der Waals surface area contributed by atoms with Crippen LogP contribution in [0.5, 0.6) is 0 Å². The average Bonchev–Trinajstić information content (AvgIpc) is 3.36. The standard InChI is InChI=1S/C24H35N5O2.C3H6.2C2H6.2H2/c1-17(2)11-12-23(30)28-21(15-18(3)29-13-7-4-8-14-29)24(31)25-16-22-26-19-9-5-6-10-20(19)27-22;1-3-2;2*1-2;;/h5-6,9-10,17,21H,3-4,7-8,11-16H2,1-2H3,(H,25,31)(H,26,27)(H,28,30);3H,1H2,2H3;2*1-2H3;2*1H/t21-;;;;;/m0...../s1. The number of allylic oxidation sites excluding steroid dienone is 1. The van der Waals surface area contributed by atoms with Crippen LogP contribution in [-0.4, -0.2) is 45.8 Å². The van der Waals surface area contributed by atoms with Crippen molar-refractivity contribution in [2.75, 3.05) is 13.1 Å². The molecule has 1 aromatic carbocycles. The molecule has 218 valence electrons. The zero-order valence-corrected chi connectivity index (χ0v) is 25.0. The molecular formula is C31H57N5O2. The Labute approximate surface area is 234 Å². The number of fused-ring (bicyclic) bond motifs is 1. The van der Waals surface area contributed by atoms with Crippen LogP contribution < -0.4 is 10.6 Å². The van der Waals surface area contributed by atoms with Gasteiger partial charge in [0.1, 0.15) is 11.9 Å². The monoisotopic (exact) mass is 531 g/mol. The summed E-state index contributed by atoms with van der Waals surface area (Å²) in [4.78, 5) is 35.4. The summed E-state index contributed by atoms with van der Waals surface area (Å²) >= 11 is 0. The van der Waals surface area contributed by atoms with Crippen molar-refractivity contribution in [1.29, 1.82) is 0 Å². The molecule has 0 saturated carbocycles. The first kappa shape index (κ1) is 34.9. The second kappa shape index (κ2) is 20.9. The summed E-state index contributed by atoms with van der Waals surface area (Å²) in [6, 6.07) is 7.11. The molecule has 2 heterocycles. The number of carbonyl (C=O) groups is 2. The number of rotatable bonds is 10. The molecule has 2 aromatic rings. The molecule has 38 heavy (non-hydrogen) atoms. The molecule has 0 spiro atoms. The first-order chi connectivity index (χ1) is 18.3. The highest BCUT2D eigenvalue weighted by Gasteiger charge is 2.24. The SMILES string of the molecule is C=C(C[C@H](NC(=O)CCC(C)C)C(=O)NCc1nc2ccccc2[nH]1)N1CCCCC1.C=CC.CC.CC.[HH].[HH]. The number of imidazole rings is 1. The van der Waals surface area contributed by atoms with E-state index in [-0.39, 0.29) is 21.2 Å². The maximum atomic E-state index is 13.0. The molecule has 1 atom stereocenters. The van der Waals surface area contributed by atoms with Gasteiger partial charge in [0.2, 0.25) is 11.8 Å². The zero-order valence-electron chi connectivity index (χ0n) is 25.0. The summed E-state index contributed by atoms with van der Waals surface area (Å²) in [5.74, 6) is 0.823. The fourth-order valence-corrected chi connectivity index (χ4v) is 3.85. The number of likely N-dealkylation sites (tertiary alicyclic amines) is 1. The van der Waals surface area contributed by atoms with Gasteiger partial charge in [0.15, 0.2) is 0 Å². The van der Waals surface area contributed by atoms with E-state index in [2.05, 4.69) is 52.5 Å². The smallest absolute Gasteiger partial charge is 0.243 e. The maximum Gasteiger partial charge on any atom is 0.243 e. The van der Waals surface area contributed by atoms with Crippen LogP contribution in [0.2, 0.25) is 0 Å². The lowest BCUT2D eigenvalue weighted by atomic mass is 10.1. The Balaban J connectivity index is -0.00000140. The van der Waals surface area contributed by atoms with E-state index in [1.165, 1.54) is 6.42 Å². The Hall–Kier alpha value is -3.09. The van der Waals surface area contributed by atoms with Crippen molar-refractivity contribution in [3.63, 3.8) is 0 Å². The van der Waals surface area contributed by atoms with E-state index in [1.54, 1.807) is 6.08 Å². The second-order valence-electron chi connectivity index (χ2n) is 9.20. The summed E-state index contributed by atoms with van der Waals surface area (Å²) in [5, 5.41) is 5.87. The number of amides is 2. The van der Waals surface area contributed by atoms with E-state index in [0.717, 1.165) is 49.1 Å². The first-order valence-corrected chi connectivity index (χ1v) is 14.3. The number of carbonyl (C=O) groups excluding carboxylic acids is 2. The number of benzene rings is 1. The van der Waals surface area contributed by atoms with Crippen LogP contribution in [0, 0.1) is 5.92 Å². The number of hydrogen-bond acceptors (Lipinski definition) is 4. The molecule has 1 aromatic heterocycles. The van der Waals surface area contributed by atoms with Gasteiger partial charge in [0, 0.05) is 34.5 Å². The normalized spacial score (nSPS) is 13.0. The number of aromatic amines is 1. The minimum Gasteiger partial charge on any atom is -0.375 e. The molecule has 3 N–H and O–H groups in total. The molecule has 1 aliphatic heterocycles. The van der Waals surface area contributed by atoms with Gasteiger partial charge >= 0.3 is 0 Å². The Morgan fingerprint density at radius 2 is 1.74 bits per heavy atom. The van der Waals surface area contributed by atoms with E-state index in [9.17, 15) is 9.59 Å². The van der Waals surface area contributed by atoms with Crippen molar-refractivity contribution in [1.82, 2.24) is 25.5 Å². The third-order valence-electron chi connectivity index (χ3n) is 5.71. The molecule has 0 aliphatic carbocycles. The summed E-state index contributed by atoms with van der Waals surface area (Å²) in [5.41, 5.74) is 2.71. The zero-order chi connectivity index (χ0) is 28.9. The number of aromatic nitrogens is 2. The van der Waals surface area contributed by atoms with Crippen molar-refractivity contribution in [3.05, 3.63) is 55.0 Å². The van der Waals surface area contributed by atoms with Crippen molar-refractivity contribution in [3.8, 4) is 0 Å². The highest BCUT2D eigenvalue weighted by atomic mass is 16.2. The van der Waals surface area contributed by atoms with Gasteiger partial charge in [-0.1, -0.05) is 66.3 Å². The Morgan fingerprint density at radius 3 is 2.32 bits per heavy atom. The predicted molar refractivity (Wildman–Crippen MR) is 166 cm³/mol. The van der Waals surface area contributed by atoms with Crippen LogP contribution in [0.4, 0.5) is 0 Å². The van der Waals surface area contributed by atoms with Crippen LogP contribution in [0.25, 0.3) is 11.0 Å². The number of piperidine rings is 1. The average molecular weight is 532 g/mol. The van der Waals surface area contributed by atoms with Crippen molar-refractivity contribution >= 4 is 22.8 Å². The summed E-state index contributed by atoms with van der Waals surface area (Å²) < 4.78 is 0. The fourth-order valence-electron chi connectivity index (χ4n) is 3.85. The number of hydrogen-bond donors (Lipinski definition) is 3. The number of para-hydroxylation sites is 2. The van der Waals surface area contributed by atoms with E-state index < -0.39 is 6.04 Å². The van der Waals surface area contributed by atoms with Gasteiger partial charge in [0.25, 0.3) is 0 Å². The molecule has 7 heteroatoms. The van der Waals surface area contributed by atoms with Gasteiger partial charge in [0.05, 0.1) is 17.6 Å². The second-order valence-corrected chi connectivity index (χ2v) is 9.20. The predicted octanol–water partition coefficient (Wildman–Crippen LogP) is 7.23.